The lowest BCUT2D eigenvalue weighted by atomic mass is 9.99. The molecule has 0 aliphatic carbocycles. The van der Waals surface area contributed by atoms with Gasteiger partial charge >= 0.3 is 0 Å². The van der Waals surface area contributed by atoms with Gasteiger partial charge in [-0.25, -0.2) is 0 Å². The highest BCUT2D eigenvalue weighted by Gasteiger charge is 2.13. The van der Waals surface area contributed by atoms with Crippen molar-refractivity contribution in [3.05, 3.63) is 51.7 Å². The second-order valence-electron chi connectivity index (χ2n) is 5.49. The van der Waals surface area contributed by atoms with Crippen LogP contribution in [0.2, 0.25) is 0 Å². The van der Waals surface area contributed by atoms with Crippen molar-refractivity contribution in [3.63, 3.8) is 0 Å². The topological polar surface area (TPSA) is 15.3 Å². The zero-order chi connectivity index (χ0) is 13.8. The third-order valence-electron chi connectivity index (χ3n) is 3.95. The van der Waals surface area contributed by atoms with Gasteiger partial charge < -0.3 is 10.2 Å². The predicted molar refractivity (Wildman–Crippen MR) is 87.8 cm³/mol. The van der Waals surface area contributed by atoms with Gasteiger partial charge in [-0.15, -0.1) is 11.3 Å². The Balaban J connectivity index is 1.53. The molecule has 3 heteroatoms. The van der Waals surface area contributed by atoms with Crippen LogP contribution in [0.25, 0.3) is 0 Å². The van der Waals surface area contributed by atoms with Crippen LogP contribution in [0.4, 0.5) is 5.69 Å². The molecule has 2 nitrogen and oxygen atoms in total. The fourth-order valence-corrected chi connectivity index (χ4v) is 3.56. The summed E-state index contributed by atoms with van der Waals surface area (Å²) in [5, 5.41) is 5.70. The van der Waals surface area contributed by atoms with Crippen molar-refractivity contribution < 1.29 is 0 Å². The number of fused-ring (bicyclic) bond motifs is 1. The van der Waals surface area contributed by atoms with E-state index in [1.165, 1.54) is 41.1 Å². The number of aryl methyl sites for hydroxylation is 1. The number of anilines is 1. The van der Waals surface area contributed by atoms with Crippen LogP contribution < -0.4 is 10.2 Å². The zero-order valence-electron chi connectivity index (χ0n) is 12.1. The summed E-state index contributed by atoms with van der Waals surface area (Å²) in [4.78, 5) is 3.83. The summed E-state index contributed by atoms with van der Waals surface area (Å²) in [5.41, 5.74) is 4.33. The van der Waals surface area contributed by atoms with Gasteiger partial charge in [-0.3, -0.25) is 0 Å². The van der Waals surface area contributed by atoms with E-state index < -0.39 is 0 Å². The molecule has 20 heavy (non-hydrogen) atoms. The lowest BCUT2D eigenvalue weighted by Crippen LogP contribution is -2.25. The minimum absolute atomic E-state index is 0.975. The first-order valence-corrected chi connectivity index (χ1v) is 8.27. The standard InChI is InChI=1S/C17H22N2S/c1-19-10-2-4-15-12-14(6-7-17(15)19)13-18-9-8-16-5-3-11-20-16/h3,5-7,11-12,18H,2,4,8-10,13H2,1H3. The maximum atomic E-state index is 3.55. The Bertz CT molecular complexity index is 548. The monoisotopic (exact) mass is 286 g/mol. The van der Waals surface area contributed by atoms with Gasteiger partial charge in [0.2, 0.25) is 0 Å². The first-order chi connectivity index (χ1) is 9.83. The number of hydrogen-bond acceptors (Lipinski definition) is 3. The highest BCUT2D eigenvalue weighted by atomic mass is 32.1. The largest absolute Gasteiger partial charge is 0.374 e. The van der Waals surface area contributed by atoms with Gasteiger partial charge in [0.05, 0.1) is 0 Å². The third-order valence-corrected chi connectivity index (χ3v) is 4.89. The first kappa shape index (κ1) is 13.7. The molecule has 2 heterocycles. The van der Waals surface area contributed by atoms with Crippen LogP contribution in [0.5, 0.6) is 0 Å². The van der Waals surface area contributed by atoms with Crippen LogP contribution in [0, 0.1) is 0 Å². The zero-order valence-corrected chi connectivity index (χ0v) is 12.9. The number of benzene rings is 1. The third kappa shape index (κ3) is 3.22. The molecule has 106 valence electrons. The number of rotatable bonds is 5. The number of thiophene rings is 1. The maximum Gasteiger partial charge on any atom is 0.0396 e. The first-order valence-electron chi connectivity index (χ1n) is 7.39. The van der Waals surface area contributed by atoms with Crippen LogP contribution in [-0.4, -0.2) is 20.1 Å². The molecule has 0 bridgehead atoms. The fraction of sp³-hybridized carbons (Fsp3) is 0.412. The van der Waals surface area contributed by atoms with E-state index in [1.807, 2.05) is 11.3 Å². The quantitative estimate of drug-likeness (QED) is 0.847. The molecule has 2 aromatic rings. The van der Waals surface area contributed by atoms with E-state index in [2.05, 4.69) is 53.0 Å². The molecular formula is C17H22N2S. The van der Waals surface area contributed by atoms with Crippen LogP contribution in [0.1, 0.15) is 22.4 Å². The molecule has 0 radical (unpaired) electrons. The molecule has 0 atom stereocenters. The molecule has 1 aliphatic rings. The lowest BCUT2D eigenvalue weighted by molar-refractivity contribution is 0.687. The highest BCUT2D eigenvalue weighted by molar-refractivity contribution is 7.09. The van der Waals surface area contributed by atoms with Crippen LogP contribution in [0.15, 0.2) is 35.7 Å². The Labute approximate surface area is 125 Å². The van der Waals surface area contributed by atoms with Crippen molar-refractivity contribution in [1.29, 1.82) is 0 Å². The number of nitrogens with one attached hydrogen (secondary N) is 1. The number of hydrogen-bond donors (Lipinski definition) is 1. The molecule has 3 rings (SSSR count). The van der Waals surface area contributed by atoms with Crippen molar-refractivity contribution in [2.24, 2.45) is 0 Å². The maximum absolute atomic E-state index is 3.55. The predicted octanol–water partition coefficient (Wildman–Crippen LogP) is 3.46. The summed E-state index contributed by atoms with van der Waals surface area (Å²) >= 11 is 1.84. The second kappa shape index (κ2) is 6.42. The van der Waals surface area contributed by atoms with Gasteiger partial charge in [0.25, 0.3) is 0 Å². The SMILES string of the molecule is CN1CCCc2cc(CNCCc3cccs3)ccc21. The van der Waals surface area contributed by atoms with Gasteiger partial charge in [-0.05, 0) is 47.9 Å². The summed E-state index contributed by atoms with van der Waals surface area (Å²) in [6.45, 7) is 3.21. The molecule has 0 saturated heterocycles. The minimum Gasteiger partial charge on any atom is -0.374 e. The van der Waals surface area contributed by atoms with E-state index in [0.29, 0.717) is 0 Å². The average molecular weight is 286 g/mol. The molecule has 0 unspecified atom stereocenters. The van der Waals surface area contributed by atoms with E-state index >= 15 is 0 Å². The summed E-state index contributed by atoms with van der Waals surface area (Å²) < 4.78 is 0. The van der Waals surface area contributed by atoms with E-state index in [-0.39, 0.29) is 0 Å². The molecule has 1 N–H and O–H groups in total. The smallest absolute Gasteiger partial charge is 0.0396 e. The van der Waals surface area contributed by atoms with Crippen molar-refractivity contribution in [1.82, 2.24) is 5.32 Å². The lowest BCUT2D eigenvalue weighted by Gasteiger charge is -2.27. The summed E-state index contributed by atoms with van der Waals surface area (Å²) in [6.07, 6.45) is 3.63. The molecule has 1 aromatic heterocycles. The Morgan fingerprint density at radius 1 is 1.30 bits per heavy atom. The van der Waals surface area contributed by atoms with Crippen molar-refractivity contribution >= 4 is 17.0 Å². The average Bonchev–Trinajstić information content (AvgIpc) is 2.97. The van der Waals surface area contributed by atoms with Gasteiger partial charge in [0, 0.05) is 37.2 Å². The van der Waals surface area contributed by atoms with E-state index in [1.54, 1.807) is 0 Å². The Kier molecular flexibility index (Phi) is 4.38. The Morgan fingerprint density at radius 3 is 3.10 bits per heavy atom. The van der Waals surface area contributed by atoms with E-state index in [4.69, 9.17) is 0 Å². The molecule has 1 aliphatic heterocycles. The fourth-order valence-electron chi connectivity index (χ4n) is 2.85. The van der Waals surface area contributed by atoms with Crippen LogP contribution in [-0.2, 0) is 19.4 Å². The summed E-state index contributed by atoms with van der Waals surface area (Å²) in [6, 6.07) is 11.3. The Morgan fingerprint density at radius 2 is 2.25 bits per heavy atom. The summed E-state index contributed by atoms with van der Waals surface area (Å²) in [5.74, 6) is 0. The van der Waals surface area contributed by atoms with E-state index in [9.17, 15) is 0 Å². The molecule has 0 spiro atoms. The van der Waals surface area contributed by atoms with Crippen molar-refractivity contribution in [2.75, 3.05) is 25.0 Å². The Hall–Kier alpha value is -1.32. The summed E-state index contributed by atoms with van der Waals surface area (Å²) in [7, 11) is 2.19. The number of nitrogens with zero attached hydrogens (tertiary/aromatic N) is 1. The van der Waals surface area contributed by atoms with Gasteiger partial charge in [0.1, 0.15) is 0 Å². The van der Waals surface area contributed by atoms with Crippen LogP contribution >= 0.6 is 11.3 Å². The van der Waals surface area contributed by atoms with Gasteiger partial charge in [-0.2, -0.15) is 0 Å². The van der Waals surface area contributed by atoms with Crippen LogP contribution in [0.3, 0.4) is 0 Å². The molecular weight excluding hydrogens is 264 g/mol. The molecule has 0 amide bonds. The van der Waals surface area contributed by atoms with E-state index in [0.717, 1.165) is 19.5 Å². The molecule has 1 aromatic carbocycles. The normalized spacial score (nSPS) is 14.3. The minimum atomic E-state index is 0.975. The van der Waals surface area contributed by atoms with Gasteiger partial charge in [-0.1, -0.05) is 18.2 Å². The molecule has 0 saturated carbocycles. The highest BCUT2D eigenvalue weighted by Crippen LogP contribution is 2.26. The molecule has 0 fully saturated rings. The second-order valence-corrected chi connectivity index (χ2v) is 6.53. The van der Waals surface area contributed by atoms with Gasteiger partial charge in [0.15, 0.2) is 0 Å². The van der Waals surface area contributed by atoms with Crippen molar-refractivity contribution in [2.45, 2.75) is 25.8 Å². The van der Waals surface area contributed by atoms with Crippen molar-refractivity contribution in [3.8, 4) is 0 Å².